The lowest BCUT2D eigenvalue weighted by Crippen LogP contribution is -2.19. The minimum absolute atomic E-state index is 0.311. The normalized spacial score (nSPS) is 21.3. The maximum Gasteiger partial charge on any atom is 0.216 e. The van der Waals surface area contributed by atoms with Crippen LogP contribution in [0.1, 0.15) is 18.9 Å². The molecule has 0 fully saturated rings. The van der Waals surface area contributed by atoms with Crippen molar-refractivity contribution in [2.75, 3.05) is 0 Å². The Morgan fingerprint density at radius 2 is 2.50 bits per heavy atom. The second-order valence-corrected chi connectivity index (χ2v) is 4.00. The van der Waals surface area contributed by atoms with Crippen molar-refractivity contribution in [2.45, 2.75) is 25.9 Å². The summed E-state index contributed by atoms with van der Waals surface area (Å²) in [5, 5.41) is 0. The molecule has 1 aliphatic rings. The minimum atomic E-state index is 0.311. The third kappa shape index (κ3) is 1.46. The van der Waals surface area contributed by atoms with Crippen molar-refractivity contribution in [1.82, 2.24) is 4.98 Å². The summed E-state index contributed by atoms with van der Waals surface area (Å²) in [7, 11) is 0. The van der Waals surface area contributed by atoms with Gasteiger partial charge in [0.2, 0.25) is 5.88 Å². The lowest BCUT2D eigenvalue weighted by molar-refractivity contribution is 0.183. The zero-order chi connectivity index (χ0) is 8.55. The third-order valence-electron chi connectivity index (χ3n) is 2.02. The molecule has 2 rings (SSSR count). The predicted octanol–water partition coefficient (Wildman–Crippen LogP) is 2.56. The summed E-state index contributed by atoms with van der Waals surface area (Å²) in [6.45, 7) is 2.08. The van der Waals surface area contributed by atoms with E-state index in [9.17, 15) is 0 Å². The van der Waals surface area contributed by atoms with Crippen LogP contribution in [0.2, 0.25) is 0 Å². The van der Waals surface area contributed by atoms with Crippen molar-refractivity contribution in [3.05, 3.63) is 22.3 Å². The van der Waals surface area contributed by atoms with Gasteiger partial charge in [0.25, 0.3) is 0 Å². The smallest absolute Gasteiger partial charge is 0.216 e. The van der Waals surface area contributed by atoms with E-state index in [4.69, 9.17) is 4.74 Å². The van der Waals surface area contributed by atoms with Gasteiger partial charge in [-0.05, 0) is 41.8 Å². The summed E-state index contributed by atoms with van der Waals surface area (Å²) in [6, 6.07) is 2.08. The first-order chi connectivity index (χ1) is 5.75. The first-order valence-corrected chi connectivity index (χ1v) is 4.86. The van der Waals surface area contributed by atoms with Gasteiger partial charge in [0.05, 0.1) is 6.10 Å². The van der Waals surface area contributed by atoms with Crippen LogP contribution in [0.15, 0.2) is 16.7 Å². The van der Waals surface area contributed by atoms with Crippen LogP contribution >= 0.6 is 15.9 Å². The fourth-order valence-corrected chi connectivity index (χ4v) is 1.74. The molecule has 1 atom stereocenters. The fourth-order valence-electron chi connectivity index (χ4n) is 1.36. The van der Waals surface area contributed by atoms with E-state index < -0.39 is 0 Å². The highest BCUT2D eigenvalue weighted by molar-refractivity contribution is 9.10. The Labute approximate surface area is 80.1 Å². The maximum atomic E-state index is 5.55. The number of halogens is 1. The monoisotopic (exact) mass is 227 g/mol. The molecule has 3 heteroatoms. The molecular formula is C9H10BrNO. The van der Waals surface area contributed by atoms with E-state index in [-0.39, 0.29) is 0 Å². The lowest BCUT2D eigenvalue weighted by atomic mass is 10.1. The molecule has 0 radical (unpaired) electrons. The number of hydrogen-bond donors (Lipinski definition) is 0. The van der Waals surface area contributed by atoms with Gasteiger partial charge < -0.3 is 4.74 Å². The average Bonchev–Trinajstić information content (AvgIpc) is 2.05. The summed E-state index contributed by atoms with van der Waals surface area (Å²) in [4.78, 5) is 4.20. The Bertz CT molecular complexity index is 301. The standard InChI is InChI=1S/C9H10BrNO/c1-6-2-3-7-4-8(10)5-11-9(7)12-6/h4-6H,2-3H2,1H3/t6-/m1/s1. The molecule has 0 amide bonds. The van der Waals surface area contributed by atoms with Gasteiger partial charge >= 0.3 is 0 Å². The summed E-state index contributed by atoms with van der Waals surface area (Å²) in [5.41, 5.74) is 1.21. The molecular weight excluding hydrogens is 218 g/mol. The number of ether oxygens (including phenoxy) is 1. The molecule has 2 heterocycles. The molecule has 1 aliphatic heterocycles. The Morgan fingerprint density at radius 3 is 3.33 bits per heavy atom. The molecule has 0 saturated heterocycles. The highest BCUT2D eigenvalue weighted by Gasteiger charge is 2.16. The van der Waals surface area contributed by atoms with E-state index in [1.54, 1.807) is 6.20 Å². The number of hydrogen-bond acceptors (Lipinski definition) is 2. The summed E-state index contributed by atoms with van der Waals surface area (Å²) < 4.78 is 6.58. The van der Waals surface area contributed by atoms with Crippen LogP contribution in [0, 0.1) is 0 Å². The molecule has 12 heavy (non-hydrogen) atoms. The van der Waals surface area contributed by atoms with Gasteiger partial charge in [0.15, 0.2) is 0 Å². The number of nitrogens with zero attached hydrogens (tertiary/aromatic N) is 1. The summed E-state index contributed by atoms with van der Waals surface area (Å²) >= 11 is 3.39. The SMILES string of the molecule is C[C@@H]1CCc2cc(Br)cnc2O1. The van der Waals surface area contributed by atoms with Crippen LogP contribution in [0.3, 0.4) is 0 Å². The fraction of sp³-hybridized carbons (Fsp3) is 0.444. The van der Waals surface area contributed by atoms with E-state index in [2.05, 4.69) is 33.9 Å². The third-order valence-corrected chi connectivity index (χ3v) is 2.46. The van der Waals surface area contributed by atoms with Crippen molar-refractivity contribution < 1.29 is 4.74 Å². The van der Waals surface area contributed by atoms with Crippen LogP contribution in [0.25, 0.3) is 0 Å². The number of pyridine rings is 1. The second-order valence-electron chi connectivity index (χ2n) is 3.08. The average molecular weight is 228 g/mol. The van der Waals surface area contributed by atoms with Gasteiger partial charge in [-0.1, -0.05) is 0 Å². The number of aromatic nitrogens is 1. The van der Waals surface area contributed by atoms with E-state index in [0.717, 1.165) is 23.2 Å². The first-order valence-electron chi connectivity index (χ1n) is 4.07. The quantitative estimate of drug-likeness (QED) is 0.680. The van der Waals surface area contributed by atoms with Gasteiger partial charge in [-0.2, -0.15) is 0 Å². The molecule has 0 aromatic carbocycles. The molecule has 0 N–H and O–H groups in total. The number of aryl methyl sites for hydroxylation is 1. The van der Waals surface area contributed by atoms with Crippen molar-refractivity contribution in [3.63, 3.8) is 0 Å². The first kappa shape index (κ1) is 8.05. The number of fused-ring (bicyclic) bond motifs is 1. The van der Waals surface area contributed by atoms with Crippen LogP contribution < -0.4 is 4.74 Å². The van der Waals surface area contributed by atoms with Crippen LogP contribution in [0.5, 0.6) is 5.88 Å². The molecule has 0 unspecified atom stereocenters. The van der Waals surface area contributed by atoms with Gasteiger partial charge in [0.1, 0.15) is 0 Å². The van der Waals surface area contributed by atoms with E-state index in [0.29, 0.717) is 6.10 Å². The van der Waals surface area contributed by atoms with Gasteiger partial charge in [-0.3, -0.25) is 0 Å². The predicted molar refractivity (Wildman–Crippen MR) is 50.3 cm³/mol. The zero-order valence-corrected chi connectivity index (χ0v) is 8.47. The molecule has 1 aromatic rings. The van der Waals surface area contributed by atoms with Crippen LogP contribution in [-0.2, 0) is 6.42 Å². The highest BCUT2D eigenvalue weighted by Crippen LogP contribution is 2.27. The van der Waals surface area contributed by atoms with Crippen molar-refractivity contribution in [3.8, 4) is 5.88 Å². The highest BCUT2D eigenvalue weighted by atomic mass is 79.9. The van der Waals surface area contributed by atoms with Gasteiger partial charge in [-0.25, -0.2) is 4.98 Å². The Morgan fingerprint density at radius 1 is 1.67 bits per heavy atom. The maximum absolute atomic E-state index is 5.55. The van der Waals surface area contributed by atoms with Crippen LogP contribution in [0.4, 0.5) is 0 Å². The molecule has 0 bridgehead atoms. The largest absolute Gasteiger partial charge is 0.474 e. The minimum Gasteiger partial charge on any atom is -0.474 e. The van der Waals surface area contributed by atoms with Gasteiger partial charge in [-0.15, -0.1) is 0 Å². The molecule has 2 nitrogen and oxygen atoms in total. The van der Waals surface area contributed by atoms with Crippen LogP contribution in [-0.4, -0.2) is 11.1 Å². The second kappa shape index (κ2) is 3.05. The van der Waals surface area contributed by atoms with Gasteiger partial charge in [0, 0.05) is 16.2 Å². The topological polar surface area (TPSA) is 22.1 Å². The lowest BCUT2D eigenvalue weighted by Gasteiger charge is -2.21. The summed E-state index contributed by atoms with van der Waals surface area (Å²) in [6.07, 6.45) is 4.25. The van der Waals surface area contributed by atoms with E-state index >= 15 is 0 Å². The zero-order valence-electron chi connectivity index (χ0n) is 6.88. The summed E-state index contributed by atoms with van der Waals surface area (Å²) in [5.74, 6) is 0.803. The Hall–Kier alpha value is -0.570. The van der Waals surface area contributed by atoms with E-state index in [1.165, 1.54) is 5.56 Å². The Kier molecular flexibility index (Phi) is 2.05. The van der Waals surface area contributed by atoms with Crippen molar-refractivity contribution >= 4 is 15.9 Å². The van der Waals surface area contributed by atoms with E-state index in [1.807, 2.05) is 0 Å². The molecule has 0 spiro atoms. The molecule has 0 saturated carbocycles. The molecule has 64 valence electrons. The van der Waals surface area contributed by atoms with Crippen molar-refractivity contribution in [1.29, 1.82) is 0 Å². The Balaban J connectivity index is 2.37. The number of rotatable bonds is 0. The van der Waals surface area contributed by atoms with Crippen molar-refractivity contribution in [2.24, 2.45) is 0 Å². The molecule has 0 aliphatic carbocycles. The molecule has 1 aromatic heterocycles.